The third-order valence-corrected chi connectivity index (χ3v) is 3.64. The van der Waals surface area contributed by atoms with Crippen LogP contribution in [-0.2, 0) is 0 Å². The van der Waals surface area contributed by atoms with Gasteiger partial charge in [0, 0.05) is 22.1 Å². The summed E-state index contributed by atoms with van der Waals surface area (Å²) in [6, 6.07) is 6.93. The molecule has 0 fully saturated rings. The van der Waals surface area contributed by atoms with E-state index in [4.69, 9.17) is 0 Å². The van der Waals surface area contributed by atoms with Gasteiger partial charge in [-0.2, -0.15) is 0 Å². The number of halogens is 2. The van der Waals surface area contributed by atoms with Crippen LogP contribution in [0.3, 0.4) is 0 Å². The van der Waals surface area contributed by atoms with Crippen molar-refractivity contribution in [2.45, 2.75) is 29.2 Å². The number of aliphatic hydroxyl groups is 1. The third-order valence-electron chi connectivity index (χ3n) is 2.61. The average molecular weight is 281 g/mol. The number of rotatable bonds is 4. The van der Waals surface area contributed by atoms with Gasteiger partial charge in [0.1, 0.15) is 11.6 Å². The van der Waals surface area contributed by atoms with Crippen LogP contribution < -0.4 is 0 Å². The minimum Gasteiger partial charge on any atom is -0.387 e. The summed E-state index contributed by atoms with van der Waals surface area (Å²) in [6.07, 6.45) is 1.58. The lowest BCUT2D eigenvalue weighted by Crippen LogP contribution is -1.97. The maximum Gasteiger partial charge on any atom is 0.140 e. The molecule has 0 aliphatic rings. The van der Waals surface area contributed by atoms with E-state index in [0.29, 0.717) is 17.0 Å². The van der Waals surface area contributed by atoms with Crippen LogP contribution in [0.2, 0.25) is 0 Å². The van der Waals surface area contributed by atoms with E-state index in [1.165, 1.54) is 23.9 Å². The standard InChI is InChI=1S/C14H13F2NOS/c1-2-13(18)12-5-4-10(8-17-12)19-14-6-3-9(15)7-11(14)16/h3-8,13,18H,2H2,1H3. The second-order valence-electron chi connectivity index (χ2n) is 4.02. The van der Waals surface area contributed by atoms with Crippen LogP contribution in [0.25, 0.3) is 0 Å². The van der Waals surface area contributed by atoms with E-state index in [9.17, 15) is 13.9 Å². The summed E-state index contributed by atoms with van der Waals surface area (Å²) in [5, 5.41) is 9.61. The topological polar surface area (TPSA) is 33.1 Å². The molecule has 0 spiro atoms. The molecule has 100 valence electrons. The van der Waals surface area contributed by atoms with Gasteiger partial charge in [0.2, 0.25) is 0 Å². The van der Waals surface area contributed by atoms with Crippen LogP contribution in [0.4, 0.5) is 8.78 Å². The summed E-state index contributed by atoms with van der Waals surface area (Å²) in [4.78, 5) is 5.20. The quantitative estimate of drug-likeness (QED) is 0.921. The van der Waals surface area contributed by atoms with Gasteiger partial charge in [-0.25, -0.2) is 8.78 Å². The summed E-state index contributed by atoms with van der Waals surface area (Å²) in [6.45, 7) is 1.86. The molecule has 0 aliphatic heterocycles. The van der Waals surface area contributed by atoms with Gasteiger partial charge in [0.15, 0.2) is 0 Å². The molecule has 1 N–H and O–H groups in total. The maximum atomic E-state index is 13.5. The Kier molecular flexibility index (Phi) is 4.50. The van der Waals surface area contributed by atoms with Crippen molar-refractivity contribution in [1.82, 2.24) is 4.98 Å². The van der Waals surface area contributed by atoms with Crippen LogP contribution in [-0.4, -0.2) is 10.1 Å². The first kappa shape index (κ1) is 14.0. The van der Waals surface area contributed by atoms with Crippen molar-refractivity contribution in [3.05, 3.63) is 53.9 Å². The van der Waals surface area contributed by atoms with Crippen molar-refractivity contribution in [3.63, 3.8) is 0 Å². The molecule has 1 aromatic heterocycles. The van der Waals surface area contributed by atoms with Crippen molar-refractivity contribution in [2.24, 2.45) is 0 Å². The summed E-state index contributed by atoms with van der Waals surface area (Å²) in [7, 11) is 0. The Bertz CT molecular complexity index is 560. The van der Waals surface area contributed by atoms with E-state index in [0.717, 1.165) is 11.0 Å². The zero-order chi connectivity index (χ0) is 13.8. The first-order valence-corrected chi connectivity index (χ1v) is 6.68. The molecular formula is C14H13F2NOS. The van der Waals surface area contributed by atoms with Crippen LogP contribution in [0, 0.1) is 11.6 Å². The van der Waals surface area contributed by atoms with Crippen molar-refractivity contribution >= 4 is 11.8 Å². The molecular weight excluding hydrogens is 268 g/mol. The number of aliphatic hydroxyl groups excluding tert-OH is 1. The van der Waals surface area contributed by atoms with E-state index in [1.807, 2.05) is 6.92 Å². The molecule has 0 aliphatic carbocycles. The lowest BCUT2D eigenvalue weighted by Gasteiger charge is -2.08. The summed E-state index contributed by atoms with van der Waals surface area (Å²) in [5.74, 6) is -1.19. The van der Waals surface area contributed by atoms with Crippen LogP contribution in [0.1, 0.15) is 25.1 Å². The highest BCUT2D eigenvalue weighted by Crippen LogP contribution is 2.30. The number of nitrogens with zero attached hydrogens (tertiary/aromatic N) is 1. The fourth-order valence-electron chi connectivity index (χ4n) is 1.54. The predicted molar refractivity (Wildman–Crippen MR) is 70.0 cm³/mol. The van der Waals surface area contributed by atoms with Crippen LogP contribution in [0.15, 0.2) is 46.3 Å². The van der Waals surface area contributed by atoms with E-state index >= 15 is 0 Å². The number of pyridine rings is 1. The average Bonchev–Trinajstić information content (AvgIpc) is 2.42. The molecule has 0 amide bonds. The first-order chi connectivity index (χ1) is 9.10. The van der Waals surface area contributed by atoms with Gasteiger partial charge < -0.3 is 5.11 Å². The van der Waals surface area contributed by atoms with Crippen LogP contribution >= 0.6 is 11.8 Å². The van der Waals surface area contributed by atoms with Gasteiger partial charge in [-0.3, -0.25) is 4.98 Å². The Labute approximate surface area is 114 Å². The molecule has 2 rings (SSSR count). The second-order valence-corrected chi connectivity index (χ2v) is 5.13. The van der Waals surface area contributed by atoms with E-state index < -0.39 is 17.7 Å². The lowest BCUT2D eigenvalue weighted by atomic mass is 10.2. The Morgan fingerprint density at radius 2 is 2.05 bits per heavy atom. The van der Waals surface area contributed by atoms with Gasteiger partial charge >= 0.3 is 0 Å². The molecule has 5 heteroatoms. The Balaban J connectivity index is 2.15. The molecule has 1 heterocycles. The van der Waals surface area contributed by atoms with Crippen molar-refractivity contribution in [2.75, 3.05) is 0 Å². The van der Waals surface area contributed by atoms with Gasteiger partial charge in [0.05, 0.1) is 11.8 Å². The van der Waals surface area contributed by atoms with Crippen molar-refractivity contribution in [3.8, 4) is 0 Å². The minimum atomic E-state index is -0.596. The summed E-state index contributed by atoms with van der Waals surface area (Å²) < 4.78 is 26.3. The maximum absolute atomic E-state index is 13.5. The first-order valence-electron chi connectivity index (χ1n) is 5.87. The van der Waals surface area contributed by atoms with E-state index in [2.05, 4.69) is 4.98 Å². The predicted octanol–water partition coefficient (Wildman–Crippen LogP) is 3.95. The number of hydrogen-bond donors (Lipinski definition) is 1. The third kappa shape index (κ3) is 3.52. The van der Waals surface area contributed by atoms with Gasteiger partial charge in [0.25, 0.3) is 0 Å². The normalized spacial score (nSPS) is 12.4. The molecule has 0 saturated heterocycles. The van der Waals surface area contributed by atoms with Gasteiger partial charge in [-0.15, -0.1) is 0 Å². The minimum absolute atomic E-state index is 0.340. The lowest BCUT2D eigenvalue weighted by molar-refractivity contribution is 0.169. The fourth-order valence-corrected chi connectivity index (χ4v) is 2.33. The van der Waals surface area contributed by atoms with Crippen molar-refractivity contribution < 1.29 is 13.9 Å². The molecule has 2 nitrogen and oxygen atoms in total. The molecule has 1 atom stereocenters. The highest BCUT2D eigenvalue weighted by atomic mass is 32.2. The molecule has 2 aromatic rings. The molecule has 1 unspecified atom stereocenters. The number of hydrogen-bond acceptors (Lipinski definition) is 3. The molecule has 0 saturated carbocycles. The number of benzene rings is 1. The molecule has 0 bridgehead atoms. The second kappa shape index (κ2) is 6.12. The Morgan fingerprint density at radius 1 is 1.26 bits per heavy atom. The largest absolute Gasteiger partial charge is 0.387 e. The van der Waals surface area contributed by atoms with Crippen molar-refractivity contribution in [1.29, 1.82) is 0 Å². The van der Waals surface area contributed by atoms with Crippen LogP contribution in [0.5, 0.6) is 0 Å². The van der Waals surface area contributed by atoms with E-state index in [-0.39, 0.29) is 0 Å². The monoisotopic (exact) mass is 281 g/mol. The smallest absolute Gasteiger partial charge is 0.140 e. The van der Waals surface area contributed by atoms with Gasteiger partial charge in [-0.1, -0.05) is 18.7 Å². The SMILES string of the molecule is CCC(O)c1ccc(Sc2ccc(F)cc2F)cn1. The zero-order valence-electron chi connectivity index (χ0n) is 10.3. The van der Waals surface area contributed by atoms with E-state index in [1.54, 1.807) is 18.3 Å². The zero-order valence-corrected chi connectivity index (χ0v) is 11.1. The summed E-state index contributed by atoms with van der Waals surface area (Å²) in [5.41, 5.74) is 0.589. The highest BCUT2D eigenvalue weighted by Gasteiger charge is 2.08. The fraction of sp³-hybridized carbons (Fsp3) is 0.214. The molecule has 1 aromatic carbocycles. The molecule has 0 radical (unpaired) electrons. The Hall–Kier alpha value is -1.46. The Morgan fingerprint density at radius 3 is 2.63 bits per heavy atom. The van der Waals surface area contributed by atoms with Gasteiger partial charge in [-0.05, 0) is 30.7 Å². The highest BCUT2D eigenvalue weighted by molar-refractivity contribution is 7.99. The summed E-state index contributed by atoms with van der Waals surface area (Å²) >= 11 is 1.17. The molecule has 19 heavy (non-hydrogen) atoms. The number of aromatic nitrogens is 1.